The second kappa shape index (κ2) is 13.7. The maximum absolute atomic E-state index is 7.00. The van der Waals surface area contributed by atoms with E-state index >= 15 is 0 Å². The van der Waals surface area contributed by atoms with Gasteiger partial charge >= 0.3 is 0 Å². The molecular weight excluding hydrogens is 380 g/mol. The highest BCUT2D eigenvalue weighted by molar-refractivity contribution is 7.80. The molecule has 1 aromatic heterocycles. The number of anilines is 2. The number of fused-ring (bicyclic) bond motifs is 1. The quantitative estimate of drug-likeness (QED) is 0.369. The second-order valence-corrected chi connectivity index (χ2v) is 6.65. The number of nitrogens with zero attached hydrogens (tertiary/aromatic N) is 1. The summed E-state index contributed by atoms with van der Waals surface area (Å²) < 4.78 is 0. The molecule has 0 aliphatic carbocycles. The molecule has 0 radical (unpaired) electrons. The number of aromatic amines is 1. The van der Waals surface area contributed by atoms with Crippen LogP contribution in [0.15, 0.2) is 54.7 Å². The molecule has 5 nitrogen and oxygen atoms in total. The van der Waals surface area contributed by atoms with E-state index in [-0.39, 0.29) is 0 Å². The van der Waals surface area contributed by atoms with Crippen LogP contribution in [-0.2, 0) is 0 Å². The van der Waals surface area contributed by atoms with Crippen LogP contribution in [0.5, 0.6) is 0 Å². The maximum atomic E-state index is 7.00. The van der Waals surface area contributed by atoms with Gasteiger partial charge in [0.1, 0.15) is 0 Å². The maximum Gasteiger partial charge on any atom is 0.0617 e. The minimum Gasteiger partial charge on any atom is -0.400 e. The highest BCUT2D eigenvalue weighted by Crippen LogP contribution is 2.26. The van der Waals surface area contributed by atoms with Crippen molar-refractivity contribution in [1.29, 1.82) is 0 Å². The van der Waals surface area contributed by atoms with Crippen molar-refractivity contribution in [1.82, 2.24) is 4.98 Å². The molecule has 0 amide bonds. The Morgan fingerprint density at radius 1 is 1.10 bits per heavy atom. The zero-order valence-corrected chi connectivity index (χ0v) is 18.7. The van der Waals surface area contributed by atoms with E-state index in [1.807, 2.05) is 6.20 Å². The third-order valence-electron chi connectivity index (χ3n) is 4.40. The Labute approximate surface area is 180 Å². The van der Waals surface area contributed by atoms with Crippen LogP contribution in [0, 0.1) is 6.92 Å². The van der Waals surface area contributed by atoms with Gasteiger partial charge in [-0.25, -0.2) is 0 Å². The molecule has 1 heterocycles. The summed E-state index contributed by atoms with van der Waals surface area (Å²) in [7, 11) is 4.62. The van der Waals surface area contributed by atoms with Gasteiger partial charge in [0.25, 0.3) is 0 Å². The van der Waals surface area contributed by atoms with Gasteiger partial charge < -0.3 is 26.0 Å². The number of thiol groups is 1. The van der Waals surface area contributed by atoms with Crippen LogP contribution in [0.2, 0.25) is 0 Å². The van der Waals surface area contributed by atoms with Crippen molar-refractivity contribution in [2.75, 3.05) is 43.7 Å². The number of hydrogen-bond acceptors (Lipinski definition) is 5. The summed E-state index contributed by atoms with van der Waals surface area (Å²) in [5, 5.41) is 11.7. The Bertz CT molecular complexity index is 876. The second-order valence-electron chi connectivity index (χ2n) is 6.20. The molecule has 0 unspecified atom stereocenters. The first-order chi connectivity index (χ1) is 14.2. The standard InChI is InChI=1S/C21H25N3S.CH5N.CH4O/c1-16-17(18-8-3-4-9-19(18)23-16)12-13-22-20-10-5-6-11-21(20)24(2)14-7-15-25;2*1-2/h3-6,8-13,22-23,25H,7,14-15H2,1-2H3;2H2,1H3;2H,1H3/b13-12+;;. The van der Waals surface area contributed by atoms with E-state index in [1.165, 1.54) is 34.9 Å². The van der Waals surface area contributed by atoms with E-state index in [9.17, 15) is 0 Å². The predicted octanol–water partition coefficient (Wildman–Crippen LogP) is 4.50. The monoisotopic (exact) mass is 414 g/mol. The number of aliphatic hydroxyl groups is 1. The number of aryl methyl sites for hydroxylation is 1. The van der Waals surface area contributed by atoms with E-state index in [1.54, 1.807) is 0 Å². The molecular formula is C23H34N4OS. The van der Waals surface area contributed by atoms with Crippen molar-refractivity contribution in [3.63, 3.8) is 0 Å². The van der Waals surface area contributed by atoms with Gasteiger partial charge in [-0.3, -0.25) is 0 Å². The van der Waals surface area contributed by atoms with E-state index in [2.05, 4.69) is 102 Å². The van der Waals surface area contributed by atoms with Crippen molar-refractivity contribution in [2.45, 2.75) is 13.3 Å². The molecule has 0 spiro atoms. The molecule has 0 saturated carbocycles. The summed E-state index contributed by atoms with van der Waals surface area (Å²) in [4.78, 5) is 5.70. The molecule has 2 aromatic carbocycles. The molecule has 158 valence electrons. The van der Waals surface area contributed by atoms with Crippen LogP contribution in [0.25, 0.3) is 17.0 Å². The number of aromatic nitrogens is 1. The molecule has 29 heavy (non-hydrogen) atoms. The number of nitrogens with two attached hydrogens (primary N) is 1. The minimum atomic E-state index is 0.902. The van der Waals surface area contributed by atoms with Crippen molar-refractivity contribution in [2.24, 2.45) is 5.73 Å². The van der Waals surface area contributed by atoms with Gasteiger partial charge in [0.2, 0.25) is 0 Å². The Balaban J connectivity index is 0.000000989. The summed E-state index contributed by atoms with van der Waals surface area (Å²) in [6.07, 6.45) is 5.23. The molecule has 0 atom stereocenters. The SMILES string of the molecule is CN.CO.Cc1[nH]c2ccccc2c1/C=C/Nc1ccccc1N(C)CCCS. The highest BCUT2D eigenvalue weighted by Gasteiger charge is 2.06. The van der Waals surface area contributed by atoms with Gasteiger partial charge in [0.15, 0.2) is 0 Å². The van der Waals surface area contributed by atoms with E-state index in [0.29, 0.717) is 0 Å². The first kappa shape index (κ1) is 24.6. The molecule has 5 N–H and O–H groups in total. The number of rotatable bonds is 7. The molecule has 3 rings (SSSR count). The van der Waals surface area contributed by atoms with Crippen molar-refractivity contribution in [3.8, 4) is 0 Å². The molecule has 0 bridgehead atoms. The number of benzene rings is 2. The Morgan fingerprint density at radius 3 is 2.48 bits per heavy atom. The summed E-state index contributed by atoms with van der Waals surface area (Å²) in [6.45, 7) is 3.10. The van der Waals surface area contributed by atoms with Crippen LogP contribution in [-0.4, -0.2) is 43.6 Å². The van der Waals surface area contributed by atoms with Gasteiger partial charge in [-0.05, 0) is 50.4 Å². The minimum absolute atomic E-state index is 0.902. The third-order valence-corrected chi connectivity index (χ3v) is 4.72. The molecule has 0 saturated heterocycles. The normalized spacial score (nSPS) is 10.2. The number of hydrogen-bond donors (Lipinski definition) is 5. The number of aliphatic hydroxyl groups excluding tert-OH is 1. The molecule has 0 aliphatic rings. The van der Waals surface area contributed by atoms with E-state index in [4.69, 9.17) is 5.11 Å². The van der Waals surface area contributed by atoms with Crippen molar-refractivity contribution < 1.29 is 5.11 Å². The molecule has 6 heteroatoms. The van der Waals surface area contributed by atoms with Gasteiger partial charge in [0, 0.05) is 49.1 Å². The van der Waals surface area contributed by atoms with Gasteiger partial charge in [-0.15, -0.1) is 0 Å². The summed E-state index contributed by atoms with van der Waals surface area (Å²) in [5.74, 6) is 0.902. The summed E-state index contributed by atoms with van der Waals surface area (Å²) in [5.41, 5.74) is 10.4. The fourth-order valence-corrected chi connectivity index (χ4v) is 3.23. The van der Waals surface area contributed by atoms with Crippen LogP contribution >= 0.6 is 12.6 Å². The fourth-order valence-electron chi connectivity index (χ4n) is 3.08. The van der Waals surface area contributed by atoms with Crippen LogP contribution in [0.4, 0.5) is 11.4 Å². The lowest BCUT2D eigenvalue weighted by Gasteiger charge is -2.22. The summed E-state index contributed by atoms with van der Waals surface area (Å²) >= 11 is 4.31. The van der Waals surface area contributed by atoms with Crippen molar-refractivity contribution >= 4 is 41.0 Å². The fraction of sp³-hybridized carbons (Fsp3) is 0.304. The first-order valence-electron chi connectivity index (χ1n) is 9.64. The lowest BCUT2D eigenvalue weighted by Crippen LogP contribution is -2.19. The average Bonchev–Trinajstić information content (AvgIpc) is 3.10. The molecule has 0 fully saturated rings. The van der Waals surface area contributed by atoms with Crippen molar-refractivity contribution in [3.05, 3.63) is 66.0 Å². The van der Waals surface area contributed by atoms with E-state index < -0.39 is 0 Å². The summed E-state index contributed by atoms with van der Waals surface area (Å²) in [6, 6.07) is 16.8. The Hall–Kier alpha value is -2.41. The van der Waals surface area contributed by atoms with Crippen LogP contribution in [0.1, 0.15) is 17.7 Å². The number of H-pyrrole nitrogens is 1. The predicted molar refractivity (Wildman–Crippen MR) is 132 cm³/mol. The topological polar surface area (TPSA) is 77.3 Å². The highest BCUT2D eigenvalue weighted by atomic mass is 32.1. The lowest BCUT2D eigenvalue weighted by molar-refractivity contribution is 0.399. The van der Waals surface area contributed by atoms with Crippen LogP contribution in [0.3, 0.4) is 0 Å². The number of para-hydroxylation sites is 3. The van der Waals surface area contributed by atoms with Gasteiger partial charge in [-0.1, -0.05) is 30.3 Å². The van der Waals surface area contributed by atoms with E-state index in [0.717, 1.165) is 31.5 Å². The zero-order valence-electron chi connectivity index (χ0n) is 17.8. The third kappa shape index (κ3) is 6.85. The van der Waals surface area contributed by atoms with Crippen LogP contribution < -0.4 is 16.0 Å². The van der Waals surface area contributed by atoms with Gasteiger partial charge in [0.05, 0.1) is 11.4 Å². The Kier molecular flexibility index (Phi) is 11.6. The molecule has 3 aromatic rings. The smallest absolute Gasteiger partial charge is 0.0617 e. The average molecular weight is 415 g/mol. The van der Waals surface area contributed by atoms with Gasteiger partial charge in [-0.2, -0.15) is 12.6 Å². The number of nitrogens with one attached hydrogen (secondary N) is 2. The molecule has 0 aliphatic heterocycles. The first-order valence-corrected chi connectivity index (χ1v) is 10.3. The zero-order chi connectivity index (χ0) is 21.6. The Morgan fingerprint density at radius 2 is 1.76 bits per heavy atom. The largest absolute Gasteiger partial charge is 0.400 e. The lowest BCUT2D eigenvalue weighted by atomic mass is 10.1.